The van der Waals surface area contributed by atoms with Gasteiger partial charge in [-0.2, -0.15) is 0 Å². The molecule has 0 amide bonds. The van der Waals surface area contributed by atoms with Crippen LogP contribution in [0.25, 0.3) is 0 Å². The summed E-state index contributed by atoms with van der Waals surface area (Å²) >= 11 is 0. The van der Waals surface area contributed by atoms with Crippen molar-refractivity contribution in [3.05, 3.63) is 60.7 Å². The van der Waals surface area contributed by atoms with Gasteiger partial charge in [-0.15, -0.1) is 0 Å². The van der Waals surface area contributed by atoms with Crippen LogP contribution in [0.1, 0.15) is 55.4 Å². The van der Waals surface area contributed by atoms with E-state index in [0.717, 1.165) is 6.61 Å². The van der Waals surface area contributed by atoms with E-state index in [1.165, 1.54) is 10.4 Å². The predicted molar refractivity (Wildman–Crippen MR) is 132 cm³/mol. The minimum absolute atomic E-state index is 0.0220. The van der Waals surface area contributed by atoms with Crippen LogP contribution in [0.15, 0.2) is 60.7 Å². The van der Waals surface area contributed by atoms with Gasteiger partial charge in [-0.3, -0.25) is 0 Å². The highest BCUT2D eigenvalue weighted by molar-refractivity contribution is 6.99. The van der Waals surface area contributed by atoms with Crippen LogP contribution in [0.5, 0.6) is 0 Å². The Balaban J connectivity index is 1.84. The monoisotopic (exact) mass is 436 g/mol. The largest absolute Gasteiger partial charge is 0.404 e. The summed E-state index contributed by atoms with van der Waals surface area (Å²) in [5.74, 6) is 1.06. The van der Waals surface area contributed by atoms with Crippen LogP contribution >= 0.6 is 0 Å². The molecule has 1 saturated heterocycles. The van der Waals surface area contributed by atoms with Crippen LogP contribution in [-0.2, 0) is 9.16 Å². The maximum absolute atomic E-state index is 7.38. The summed E-state index contributed by atoms with van der Waals surface area (Å²) in [5, 5.41) is 2.65. The van der Waals surface area contributed by atoms with Crippen molar-refractivity contribution in [3.8, 4) is 0 Å². The molecule has 168 valence electrons. The van der Waals surface area contributed by atoms with E-state index in [0.29, 0.717) is 18.4 Å². The number of benzene rings is 2. The van der Waals surface area contributed by atoms with Gasteiger partial charge in [0.25, 0.3) is 8.32 Å². The van der Waals surface area contributed by atoms with Crippen molar-refractivity contribution in [2.75, 3.05) is 13.2 Å². The van der Waals surface area contributed by atoms with Gasteiger partial charge in [0, 0.05) is 5.41 Å². The van der Waals surface area contributed by atoms with Crippen LogP contribution in [0, 0.1) is 22.7 Å². The summed E-state index contributed by atoms with van der Waals surface area (Å²) in [7, 11) is -2.58. The number of hydrogen-bond donors (Lipinski definition) is 0. The van der Waals surface area contributed by atoms with Crippen molar-refractivity contribution in [2.45, 2.75) is 66.0 Å². The Hall–Kier alpha value is -1.42. The molecule has 1 heterocycles. The van der Waals surface area contributed by atoms with Crippen LogP contribution in [0.3, 0.4) is 0 Å². The lowest BCUT2D eigenvalue weighted by atomic mass is 9.62. The van der Waals surface area contributed by atoms with Gasteiger partial charge in [-0.1, -0.05) is 116 Å². The predicted octanol–water partition coefficient (Wildman–Crippen LogP) is 5.65. The van der Waals surface area contributed by atoms with Gasteiger partial charge in [0.05, 0.1) is 18.8 Å². The van der Waals surface area contributed by atoms with Crippen molar-refractivity contribution in [3.63, 3.8) is 0 Å². The SMILES string of the molecule is CC1C2COC1(CO[Si](c1ccccc1)(c1ccccc1)C(C)(C)C)C(C)(C)C2(C)C. The van der Waals surface area contributed by atoms with E-state index in [4.69, 9.17) is 9.16 Å². The van der Waals surface area contributed by atoms with E-state index in [1.54, 1.807) is 0 Å². The minimum Gasteiger partial charge on any atom is -0.404 e. The maximum Gasteiger partial charge on any atom is 0.261 e. The molecule has 2 aromatic carbocycles. The summed E-state index contributed by atoms with van der Waals surface area (Å²) in [5.41, 5.74) is 0.00142. The smallest absolute Gasteiger partial charge is 0.261 e. The van der Waals surface area contributed by atoms with Crippen LogP contribution in [-0.4, -0.2) is 27.1 Å². The lowest BCUT2D eigenvalue weighted by molar-refractivity contribution is -0.175. The highest BCUT2D eigenvalue weighted by Crippen LogP contribution is 2.68. The molecule has 3 heteroatoms. The number of rotatable bonds is 5. The number of hydrogen-bond acceptors (Lipinski definition) is 2. The zero-order chi connectivity index (χ0) is 22.7. The molecule has 2 fully saturated rings. The molecule has 1 aliphatic heterocycles. The second kappa shape index (κ2) is 7.30. The van der Waals surface area contributed by atoms with Gasteiger partial charge in [-0.05, 0) is 32.7 Å². The van der Waals surface area contributed by atoms with Gasteiger partial charge in [0.1, 0.15) is 0 Å². The highest BCUT2D eigenvalue weighted by Gasteiger charge is 2.72. The Bertz CT molecular complexity index is 874. The molecule has 2 aromatic rings. The molecule has 0 N–H and O–H groups in total. The average Bonchev–Trinajstić information content (AvgIpc) is 3.11. The average molecular weight is 437 g/mol. The maximum atomic E-state index is 7.38. The van der Waals surface area contributed by atoms with E-state index >= 15 is 0 Å². The van der Waals surface area contributed by atoms with Gasteiger partial charge in [-0.25, -0.2) is 0 Å². The molecule has 31 heavy (non-hydrogen) atoms. The summed E-state index contributed by atoms with van der Waals surface area (Å²) < 4.78 is 14.1. The van der Waals surface area contributed by atoms with Crippen molar-refractivity contribution < 1.29 is 9.16 Å². The number of fused-ring (bicyclic) bond motifs is 2. The minimum atomic E-state index is -2.58. The standard InChI is InChI=1S/C28H40O2Si/c1-21-24-19-29-28(21,27(7,8)26(24,5)6)20-30-31(25(2,3)4,22-15-11-9-12-16-22)23-17-13-10-14-18-23/h9-18,21,24H,19-20H2,1-8H3. The van der Waals surface area contributed by atoms with E-state index in [1.807, 2.05) is 0 Å². The third kappa shape index (κ3) is 2.96. The quantitative estimate of drug-likeness (QED) is 0.564. The second-order valence-electron chi connectivity index (χ2n) is 11.9. The summed E-state index contributed by atoms with van der Waals surface area (Å²) in [6, 6.07) is 21.9. The first-order valence-corrected chi connectivity index (χ1v) is 13.7. The number of ether oxygens (including phenoxy) is 1. The first-order chi connectivity index (χ1) is 14.4. The first-order valence-electron chi connectivity index (χ1n) is 11.8. The molecule has 0 radical (unpaired) electrons. The summed E-state index contributed by atoms with van der Waals surface area (Å²) in [6.45, 7) is 20.6. The van der Waals surface area contributed by atoms with E-state index < -0.39 is 8.32 Å². The lowest BCUT2D eigenvalue weighted by Crippen LogP contribution is -2.68. The fourth-order valence-corrected chi connectivity index (χ4v) is 11.3. The topological polar surface area (TPSA) is 18.5 Å². The van der Waals surface area contributed by atoms with Crippen molar-refractivity contribution in [2.24, 2.45) is 22.7 Å². The molecule has 2 bridgehead atoms. The van der Waals surface area contributed by atoms with Crippen molar-refractivity contribution in [1.29, 1.82) is 0 Å². The van der Waals surface area contributed by atoms with Gasteiger partial charge >= 0.3 is 0 Å². The van der Waals surface area contributed by atoms with Gasteiger partial charge < -0.3 is 9.16 Å². The fourth-order valence-electron chi connectivity index (χ4n) is 6.76. The zero-order valence-corrected chi connectivity index (χ0v) is 21.7. The van der Waals surface area contributed by atoms with E-state index in [-0.39, 0.29) is 21.5 Å². The Kier molecular flexibility index (Phi) is 5.36. The second-order valence-corrected chi connectivity index (χ2v) is 16.2. The normalized spacial score (nSPS) is 29.3. The molecular formula is C28H40O2Si. The summed E-state index contributed by atoms with van der Waals surface area (Å²) in [4.78, 5) is 0. The van der Waals surface area contributed by atoms with Crippen molar-refractivity contribution >= 4 is 18.7 Å². The summed E-state index contributed by atoms with van der Waals surface area (Å²) in [6.07, 6.45) is 0. The highest BCUT2D eigenvalue weighted by atomic mass is 28.4. The fraction of sp³-hybridized carbons (Fsp3) is 0.571. The van der Waals surface area contributed by atoms with E-state index in [2.05, 4.69) is 116 Å². The Morgan fingerprint density at radius 2 is 1.39 bits per heavy atom. The Morgan fingerprint density at radius 3 is 1.77 bits per heavy atom. The molecule has 2 aliphatic rings. The van der Waals surface area contributed by atoms with Crippen LogP contribution in [0.4, 0.5) is 0 Å². The van der Waals surface area contributed by atoms with Gasteiger partial charge in [0.15, 0.2) is 0 Å². The van der Waals surface area contributed by atoms with Crippen molar-refractivity contribution in [1.82, 2.24) is 0 Å². The molecule has 3 atom stereocenters. The van der Waals surface area contributed by atoms with E-state index in [9.17, 15) is 0 Å². The Morgan fingerprint density at radius 1 is 0.903 bits per heavy atom. The molecule has 0 spiro atoms. The molecule has 1 saturated carbocycles. The zero-order valence-electron chi connectivity index (χ0n) is 20.7. The molecular weight excluding hydrogens is 396 g/mol. The Labute approximate surface area is 190 Å². The molecule has 3 unspecified atom stereocenters. The van der Waals surface area contributed by atoms with Crippen LogP contribution < -0.4 is 10.4 Å². The molecule has 0 aromatic heterocycles. The lowest BCUT2D eigenvalue weighted by Gasteiger charge is -2.53. The van der Waals surface area contributed by atoms with Crippen LogP contribution in [0.2, 0.25) is 5.04 Å². The molecule has 2 nitrogen and oxygen atoms in total. The molecule has 4 rings (SSSR count). The first kappa shape index (κ1) is 22.8. The molecule has 1 aliphatic carbocycles. The third-order valence-electron chi connectivity index (χ3n) is 9.38. The third-order valence-corrected chi connectivity index (χ3v) is 14.4. The van der Waals surface area contributed by atoms with Gasteiger partial charge in [0.2, 0.25) is 0 Å².